The van der Waals surface area contributed by atoms with Crippen molar-refractivity contribution in [3.05, 3.63) is 46.3 Å². The van der Waals surface area contributed by atoms with Gasteiger partial charge < -0.3 is 10.2 Å². The van der Waals surface area contributed by atoms with Crippen LogP contribution in [0.3, 0.4) is 0 Å². The number of pyridine rings is 1. The third-order valence-electron chi connectivity index (χ3n) is 4.16. The van der Waals surface area contributed by atoms with Gasteiger partial charge in [0, 0.05) is 36.1 Å². The van der Waals surface area contributed by atoms with E-state index in [0.29, 0.717) is 6.42 Å². The molecule has 3 rings (SSSR count). The molecule has 2 aromatic heterocycles. The lowest BCUT2D eigenvalue weighted by atomic mass is 10.1. The predicted octanol–water partition coefficient (Wildman–Crippen LogP) is 3.17. The lowest BCUT2D eigenvalue weighted by molar-refractivity contribution is -0.121. The fourth-order valence-corrected chi connectivity index (χ4v) is 3.71. The smallest absolute Gasteiger partial charge is 0.220 e. The summed E-state index contributed by atoms with van der Waals surface area (Å²) in [7, 11) is 0. The molecular weight excluding hydrogens is 306 g/mol. The highest BCUT2D eigenvalue weighted by Crippen LogP contribution is 2.18. The maximum Gasteiger partial charge on any atom is 0.220 e. The van der Waals surface area contributed by atoms with Gasteiger partial charge in [-0.3, -0.25) is 4.79 Å². The molecule has 0 radical (unpaired) electrons. The molecule has 1 N–H and O–H groups in total. The summed E-state index contributed by atoms with van der Waals surface area (Å²) in [6.07, 6.45) is 3.54. The summed E-state index contributed by atoms with van der Waals surface area (Å²) < 4.78 is 0. The minimum Gasteiger partial charge on any atom is -0.355 e. The number of anilines is 1. The molecule has 23 heavy (non-hydrogen) atoms. The van der Waals surface area contributed by atoms with Gasteiger partial charge in [0.2, 0.25) is 5.91 Å². The van der Waals surface area contributed by atoms with Crippen LogP contribution >= 0.6 is 11.3 Å². The van der Waals surface area contributed by atoms with Gasteiger partial charge in [-0.05, 0) is 49.8 Å². The molecule has 0 bridgehead atoms. The molecule has 0 unspecified atom stereocenters. The number of nitrogens with one attached hydrogen (secondary N) is 1. The molecule has 0 saturated carbocycles. The lowest BCUT2D eigenvalue weighted by Gasteiger charge is -2.34. The van der Waals surface area contributed by atoms with Gasteiger partial charge in [-0.25, -0.2) is 4.98 Å². The first-order valence-corrected chi connectivity index (χ1v) is 9.09. The summed E-state index contributed by atoms with van der Waals surface area (Å²) in [4.78, 5) is 20.3. The summed E-state index contributed by atoms with van der Waals surface area (Å²) in [5.41, 5.74) is 1.03. The van der Waals surface area contributed by atoms with Crippen molar-refractivity contribution >= 4 is 23.1 Å². The molecular formula is C18H23N3OS. The van der Waals surface area contributed by atoms with Crippen LogP contribution in [0.1, 0.15) is 29.8 Å². The van der Waals surface area contributed by atoms with Crippen LogP contribution in [-0.4, -0.2) is 30.0 Å². The van der Waals surface area contributed by atoms with Crippen molar-refractivity contribution in [2.24, 2.45) is 0 Å². The van der Waals surface area contributed by atoms with Gasteiger partial charge in [0.1, 0.15) is 5.82 Å². The minimum atomic E-state index is 0.155. The maximum absolute atomic E-state index is 12.2. The number of amides is 1. The molecule has 5 heteroatoms. The summed E-state index contributed by atoms with van der Waals surface area (Å²) in [6, 6.07) is 10.4. The fraction of sp³-hybridized carbons (Fsp3) is 0.444. The summed E-state index contributed by atoms with van der Waals surface area (Å²) >= 11 is 1.71. The van der Waals surface area contributed by atoms with E-state index in [4.69, 9.17) is 0 Å². The Bertz CT molecular complexity index is 641. The van der Waals surface area contributed by atoms with E-state index in [-0.39, 0.29) is 11.9 Å². The first-order valence-electron chi connectivity index (χ1n) is 8.21. The first-order chi connectivity index (χ1) is 11.2. The molecule has 0 aromatic carbocycles. The Hall–Kier alpha value is -1.88. The maximum atomic E-state index is 12.2. The van der Waals surface area contributed by atoms with Crippen LogP contribution in [0.2, 0.25) is 0 Å². The predicted molar refractivity (Wildman–Crippen MR) is 95.0 cm³/mol. The molecule has 2 aromatic rings. The van der Waals surface area contributed by atoms with Gasteiger partial charge in [0.05, 0.1) is 0 Å². The van der Waals surface area contributed by atoms with Gasteiger partial charge in [0.15, 0.2) is 0 Å². The Morgan fingerprint density at radius 2 is 2.30 bits per heavy atom. The van der Waals surface area contributed by atoms with Gasteiger partial charge in [-0.15, -0.1) is 11.3 Å². The van der Waals surface area contributed by atoms with E-state index in [1.165, 1.54) is 4.88 Å². The highest BCUT2D eigenvalue weighted by Gasteiger charge is 2.22. The second-order valence-electron chi connectivity index (χ2n) is 6.07. The Morgan fingerprint density at radius 1 is 1.39 bits per heavy atom. The molecule has 0 spiro atoms. The van der Waals surface area contributed by atoms with Crippen LogP contribution in [0, 0.1) is 6.92 Å². The van der Waals surface area contributed by atoms with Crippen molar-refractivity contribution in [3.8, 4) is 0 Å². The lowest BCUT2D eigenvalue weighted by Crippen LogP contribution is -2.48. The van der Waals surface area contributed by atoms with E-state index in [9.17, 15) is 4.79 Å². The summed E-state index contributed by atoms with van der Waals surface area (Å²) in [5, 5.41) is 5.25. The minimum absolute atomic E-state index is 0.155. The molecule has 122 valence electrons. The van der Waals surface area contributed by atoms with E-state index in [1.807, 2.05) is 31.2 Å². The van der Waals surface area contributed by atoms with Gasteiger partial charge in [-0.1, -0.05) is 12.1 Å². The third kappa shape index (κ3) is 4.55. The highest BCUT2D eigenvalue weighted by molar-refractivity contribution is 7.09. The van der Waals surface area contributed by atoms with Crippen LogP contribution in [0.15, 0.2) is 35.7 Å². The van der Waals surface area contributed by atoms with Gasteiger partial charge in [0.25, 0.3) is 0 Å². The first kappa shape index (κ1) is 16.0. The number of rotatable bonds is 5. The second kappa shape index (κ2) is 7.59. The van der Waals surface area contributed by atoms with Crippen molar-refractivity contribution in [3.63, 3.8) is 0 Å². The van der Waals surface area contributed by atoms with E-state index < -0.39 is 0 Å². The highest BCUT2D eigenvalue weighted by atomic mass is 32.1. The van der Waals surface area contributed by atoms with Crippen LogP contribution in [0.4, 0.5) is 5.82 Å². The van der Waals surface area contributed by atoms with Crippen molar-refractivity contribution < 1.29 is 4.79 Å². The van der Waals surface area contributed by atoms with Crippen LogP contribution in [0.5, 0.6) is 0 Å². The normalized spacial score (nSPS) is 18.0. The topological polar surface area (TPSA) is 45.2 Å². The zero-order valence-corrected chi connectivity index (χ0v) is 14.3. The quantitative estimate of drug-likeness (QED) is 0.916. The zero-order chi connectivity index (χ0) is 16.1. The second-order valence-corrected chi connectivity index (χ2v) is 7.10. The van der Waals surface area contributed by atoms with Gasteiger partial charge in [-0.2, -0.15) is 0 Å². The monoisotopic (exact) mass is 329 g/mol. The molecule has 4 nitrogen and oxygen atoms in total. The number of aryl methyl sites for hydroxylation is 2. The molecule has 1 fully saturated rings. The SMILES string of the molecule is Cc1cccc(N2CCC[C@@H](NC(=O)CCc3cccs3)C2)n1. The molecule has 1 aliphatic heterocycles. The Balaban J connectivity index is 1.51. The summed E-state index contributed by atoms with van der Waals surface area (Å²) in [5.74, 6) is 1.17. The van der Waals surface area contributed by atoms with Gasteiger partial charge >= 0.3 is 0 Å². The van der Waals surface area contributed by atoms with Crippen molar-refractivity contribution in [2.45, 2.75) is 38.6 Å². The van der Waals surface area contributed by atoms with Crippen LogP contribution < -0.4 is 10.2 Å². The average molecular weight is 329 g/mol. The Morgan fingerprint density at radius 3 is 3.09 bits per heavy atom. The third-order valence-corrected chi connectivity index (χ3v) is 5.10. The van der Waals surface area contributed by atoms with E-state index in [0.717, 1.165) is 43.9 Å². The number of carbonyl (C=O) groups is 1. The number of hydrogen-bond donors (Lipinski definition) is 1. The standard InChI is InChI=1S/C18H23N3OS/c1-14-5-2-8-17(19-14)21-11-3-6-15(13-21)20-18(22)10-9-16-7-4-12-23-16/h2,4-5,7-8,12,15H,3,6,9-11,13H2,1H3,(H,20,22)/t15-/m1/s1. The average Bonchev–Trinajstić information content (AvgIpc) is 3.07. The summed E-state index contributed by atoms with van der Waals surface area (Å²) in [6.45, 7) is 3.87. The number of aromatic nitrogens is 1. The van der Waals surface area contributed by atoms with E-state index in [1.54, 1.807) is 11.3 Å². The van der Waals surface area contributed by atoms with E-state index in [2.05, 4.69) is 26.6 Å². The number of piperidine rings is 1. The number of carbonyl (C=O) groups excluding carboxylic acids is 1. The van der Waals surface area contributed by atoms with Crippen molar-refractivity contribution in [1.82, 2.24) is 10.3 Å². The molecule has 0 aliphatic carbocycles. The molecule has 1 amide bonds. The molecule has 1 saturated heterocycles. The largest absolute Gasteiger partial charge is 0.355 e. The zero-order valence-electron chi connectivity index (χ0n) is 13.5. The van der Waals surface area contributed by atoms with E-state index >= 15 is 0 Å². The van der Waals surface area contributed by atoms with Crippen LogP contribution in [0.25, 0.3) is 0 Å². The molecule has 3 heterocycles. The van der Waals surface area contributed by atoms with Crippen molar-refractivity contribution in [1.29, 1.82) is 0 Å². The Labute approximate surface area is 141 Å². The fourth-order valence-electron chi connectivity index (χ4n) is 3.00. The van der Waals surface area contributed by atoms with Crippen LogP contribution in [-0.2, 0) is 11.2 Å². The number of hydrogen-bond acceptors (Lipinski definition) is 4. The Kier molecular flexibility index (Phi) is 5.28. The van der Waals surface area contributed by atoms with Crippen molar-refractivity contribution in [2.75, 3.05) is 18.0 Å². The molecule has 1 aliphatic rings. The molecule has 1 atom stereocenters. The number of thiophene rings is 1. The number of nitrogens with zero attached hydrogens (tertiary/aromatic N) is 2.